The fraction of sp³-hybridized carbons (Fsp3) is 0.286. The molecule has 1 aliphatic heterocycles. The highest BCUT2D eigenvalue weighted by Crippen LogP contribution is 2.32. The summed E-state index contributed by atoms with van der Waals surface area (Å²) < 4.78 is 16.2. The van der Waals surface area contributed by atoms with E-state index in [0.29, 0.717) is 24.0 Å². The molecule has 1 aromatic heterocycles. The molecule has 0 N–H and O–H groups in total. The van der Waals surface area contributed by atoms with E-state index < -0.39 is 0 Å². The van der Waals surface area contributed by atoms with Crippen molar-refractivity contribution in [2.75, 3.05) is 20.3 Å². The predicted molar refractivity (Wildman–Crippen MR) is 102 cm³/mol. The zero-order valence-corrected chi connectivity index (χ0v) is 15.6. The molecule has 0 unspecified atom stereocenters. The van der Waals surface area contributed by atoms with Gasteiger partial charge in [-0.2, -0.15) is 4.98 Å². The number of benzene rings is 2. The quantitative estimate of drug-likeness (QED) is 0.652. The molecule has 28 heavy (non-hydrogen) atoms. The van der Waals surface area contributed by atoms with Gasteiger partial charge in [-0.3, -0.25) is 4.79 Å². The largest absolute Gasteiger partial charge is 0.497 e. The van der Waals surface area contributed by atoms with E-state index in [1.807, 2.05) is 30.3 Å². The number of methoxy groups -OCH3 is 1. The highest BCUT2D eigenvalue weighted by molar-refractivity contribution is 5.78. The van der Waals surface area contributed by atoms with E-state index in [0.717, 1.165) is 24.2 Å². The molecule has 7 nitrogen and oxygen atoms in total. The van der Waals surface area contributed by atoms with Crippen molar-refractivity contribution in [2.45, 2.75) is 18.9 Å². The molecule has 0 spiro atoms. The molecular formula is C21H21N3O4. The number of hydrogen-bond acceptors (Lipinski definition) is 6. The molecule has 2 heterocycles. The minimum atomic E-state index is -0.211. The summed E-state index contributed by atoms with van der Waals surface area (Å²) in [5, 5.41) is 4.07. The Bertz CT molecular complexity index is 924. The third-order valence-corrected chi connectivity index (χ3v) is 4.75. The third-order valence-electron chi connectivity index (χ3n) is 4.75. The molecule has 0 saturated carbocycles. The lowest BCUT2D eigenvalue weighted by atomic mass is 10.2. The molecule has 1 amide bonds. The summed E-state index contributed by atoms with van der Waals surface area (Å²) in [5.41, 5.74) is 0.885. The zero-order valence-electron chi connectivity index (χ0n) is 15.6. The second kappa shape index (κ2) is 8.12. The number of likely N-dealkylation sites (tertiary alicyclic amines) is 1. The maximum atomic E-state index is 12.7. The molecule has 0 aliphatic carbocycles. The second-order valence-electron chi connectivity index (χ2n) is 6.53. The van der Waals surface area contributed by atoms with E-state index >= 15 is 0 Å². The van der Waals surface area contributed by atoms with Crippen LogP contribution in [0.1, 0.15) is 24.8 Å². The van der Waals surface area contributed by atoms with Crippen LogP contribution in [-0.2, 0) is 4.79 Å². The maximum Gasteiger partial charge on any atom is 0.261 e. The molecule has 1 atom stereocenters. The SMILES string of the molecule is COc1ccc(OCC(=O)N2CCC[C@@H]2c2nc(-c3ccccc3)no2)cc1. The number of ether oxygens (including phenoxy) is 2. The first-order valence-electron chi connectivity index (χ1n) is 9.20. The van der Waals surface area contributed by atoms with Crippen LogP contribution in [0.3, 0.4) is 0 Å². The fourth-order valence-electron chi connectivity index (χ4n) is 3.30. The van der Waals surface area contributed by atoms with Gasteiger partial charge < -0.3 is 18.9 Å². The molecular weight excluding hydrogens is 358 g/mol. The highest BCUT2D eigenvalue weighted by Gasteiger charge is 2.34. The van der Waals surface area contributed by atoms with Gasteiger partial charge in [0.15, 0.2) is 6.61 Å². The van der Waals surface area contributed by atoms with Gasteiger partial charge in [-0.15, -0.1) is 0 Å². The van der Waals surface area contributed by atoms with Crippen LogP contribution in [0.25, 0.3) is 11.4 Å². The summed E-state index contributed by atoms with van der Waals surface area (Å²) in [5.74, 6) is 2.26. The summed E-state index contributed by atoms with van der Waals surface area (Å²) >= 11 is 0. The van der Waals surface area contributed by atoms with Crippen molar-refractivity contribution in [1.29, 1.82) is 0 Å². The molecule has 0 bridgehead atoms. The van der Waals surface area contributed by atoms with Crippen LogP contribution in [0, 0.1) is 0 Å². The van der Waals surface area contributed by atoms with E-state index in [2.05, 4.69) is 10.1 Å². The van der Waals surface area contributed by atoms with Gasteiger partial charge in [-0.25, -0.2) is 0 Å². The summed E-state index contributed by atoms with van der Waals surface area (Å²) in [6.07, 6.45) is 1.69. The lowest BCUT2D eigenvalue weighted by Gasteiger charge is -2.21. The van der Waals surface area contributed by atoms with E-state index in [-0.39, 0.29) is 18.6 Å². The fourth-order valence-corrected chi connectivity index (χ4v) is 3.30. The molecule has 3 aromatic rings. The van der Waals surface area contributed by atoms with Crippen LogP contribution in [0.4, 0.5) is 0 Å². The Morgan fingerprint density at radius 1 is 1.14 bits per heavy atom. The van der Waals surface area contributed by atoms with Gasteiger partial charge in [0.1, 0.15) is 17.5 Å². The topological polar surface area (TPSA) is 77.7 Å². The first-order valence-corrected chi connectivity index (χ1v) is 9.20. The summed E-state index contributed by atoms with van der Waals surface area (Å²) in [6, 6.07) is 16.6. The second-order valence-corrected chi connectivity index (χ2v) is 6.53. The molecule has 7 heteroatoms. The Labute approximate surface area is 162 Å². The van der Waals surface area contributed by atoms with E-state index in [4.69, 9.17) is 14.0 Å². The van der Waals surface area contributed by atoms with Crippen LogP contribution in [0.2, 0.25) is 0 Å². The predicted octanol–water partition coefficient (Wildman–Crippen LogP) is 3.49. The normalized spacial score (nSPS) is 16.2. The number of rotatable bonds is 6. The monoisotopic (exact) mass is 379 g/mol. The van der Waals surface area contributed by atoms with Crippen molar-refractivity contribution >= 4 is 5.91 Å². The summed E-state index contributed by atoms with van der Waals surface area (Å²) in [6.45, 7) is 0.612. The lowest BCUT2D eigenvalue weighted by Crippen LogP contribution is -2.34. The Balaban J connectivity index is 1.41. The summed E-state index contributed by atoms with van der Waals surface area (Å²) in [4.78, 5) is 19.0. The van der Waals surface area contributed by atoms with Crippen LogP contribution >= 0.6 is 0 Å². The van der Waals surface area contributed by atoms with Gasteiger partial charge in [0.25, 0.3) is 5.91 Å². The number of nitrogens with zero attached hydrogens (tertiary/aromatic N) is 3. The van der Waals surface area contributed by atoms with Gasteiger partial charge in [0.05, 0.1) is 7.11 Å². The van der Waals surface area contributed by atoms with Gasteiger partial charge in [-0.1, -0.05) is 35.5 Å². The molecule has 144 valence electrons. The van der Waals surface area contributed by atoms with E-state index in [1.165, 1.54) is 0 Å². The van der Waals surface area contributed by atoms with Crippen LogP contribution in [0.15, 0.2) is 59.1 Å². The Kier molecular flexibility index (Phi) is 5.23. The Morgan fingerprint density at radius 3 is 2.64 bits per heavy atom. The van der Waals surface area contributed by atoms with Crippen molar-refractivity contribution < 1.29 is 18.8 Å². The smallest absolute Gasteiger partial charge is 0.261 e. The number of hydrogen-bond donors (Lipinski definition) is 0. The summed E-state index contributed by atoms with van der Waals surface area (Å²) in [7, 11) is 1.60. The van der Waals surface area contributed by atoms with E-state index in [1.54, 1.807) is 36.3 Å². The third kappa shape index (κ3) is 3.83. The average Bonchev–Trinajstić information content (AvgIpc) is 3.42. The lowest BCUT2D eigenvalue weighted by molar-refractivity contribution is -0.134. The Morgan fingerprint density at radius 2 is 1.89 bits per heavy atom. The molecule has 1 fully saturated rings. The molecule has 1 saturated heterocycles. The first-order chi connectivity index (χ1) is 13.7. The standard InChI is InChI=1S/C21H21N3O4/c1-26-16-9-11-17(12-10-16)27-14-19(25)24-13-5-8-18(24)21-22-20(23-28-21)15-6-3-2-4-7-15/h2-4,6-7,9-12,18H,5,8,13-14H2,1H3/t18-/m1/s1. The van der Waals surface area contributed by atoms with Crippen LogP contribution in [-0.4, -0.2) is 41.2 Å². The van der Waals surface area contributed by atoms with E-state index in [9.17, 15) is 4.79 Å². The molecule has 2 aromatic carbocycles. The zero-order chi connectivity index (χ0) is 19.3. The molecule has 4 rings (SSSR count). The maximum absolute atomic E-state index is 12.7. The van der Waals surface area contributed by atoms with Gasteiger partial charge >= 0.3 is 0 Å². The van der Waals surface area contributed by atoms with Crippen LogP contribution < -0.4 is 9.47 Å². The first kappa shape index (κ1) is 18.0. The van der Waals surface area contributed by atoms with Gasteiger partial charge in [0.2, 0.25) is 11.7 Å². The van der Waals surface area contributed by atoms with Crippen molar-refractivity contribution in [3.8, 4) is 22.9 Å². The Hall–Kier alpha value is -3.35. The van der Waals surface area contributed by atoms with Crippen molar-refractivity contribution in [3.63, 3.8) is 0 Å². The van der Waals surface area contributed by atoms with Crippen LogP contribution in [0.5, 0.6) is 11.5 Å². The number of carbonyl (C=O) groups is 1. The van der Waals surface area contributed by atoms with Crippen molar-refractivity contribution in [2.24, 2.45) is 0 Å². The molecule has 0 radical (unpaired) electrons. The number of amides is 1. The minimum absolute atomic E-state index is 0.0392. The van der Waals surface area contributed by atoms with Crippen molar-refractivity contribution in [3.05, 3.63) is 60.5 Å². The number of carbonyl (C=O) groups excluding carboxylic acids is 1. The number of aromatic nitrogens is 2. The van der Waals surface area contributed by atoms with Crippen molar-refractivity contribution in [1.82, 2.24) is 15.0 Å². The minimum Gasteiger partial charge on any atom is -0.497 e. The molecule has 1 aliphatic rings. The highest BCUT2D eigenvalue weighted by atomic mass is 16.5. The average molecular weight is 379 g/mol. The van der Waals surface area contributed by atoms with Gasteiger partial charge in [0, 0.05) is 12.1 Å². The van der Waals surface area contributed by atoms with Gasteiger partial charge in [-0.05, 0) is 37.1 Å².